The Morgan fingerprint density at radius 3 is 2.25 bits per heavy atom. The summed E-state index contributed by atoms with van der Waals surface area (Å²) in [4.78, 5) is 44.4. The summed E-state index contributed by atoms with van der Waals surface area (Å²) in [6, 6.07) is 18.6. The third-order valence-corrected chi connectivity index (χ3v) is 7.69. The molecule has 208 valence electrons. The Labute approximate surface area is 231 Å². The Morgan fingerprint density at radius 2 is 1.60 bits per heavy atom. The van der Waals surface area contributed by atoms with Crippen molar-refractivity contribution in [3.8, 4) is 0 Å². The maximum atomic E-state index is 13.8. The van der Waals surface area contributed by atoms with Gasteiger partial charge in [0.15, 0.2) is 0 Å². The fourth-order valence-corrected chi connectivity index (χ4v) is 5.38. The highest BCUT2D eigenvalue weighted by Gasteiger charge is 2.36. The normalized spacial score (nSPS) is 17.4. The lowest BCUT2D eigenvalue weighted by molar-refractivity contribution is -0.140. The van der Waals surface area contributed by atoms with Gasteiger partial charge in [0.2, 0.25) is 17.7 Å². The highest BCUT2D eigenvalue weighted by molar-refractivity contribution is 6.00. The van der Waals surface area contributed by atoms with Gasteiger partial charge >= 0.3 is 6.18 Å². The molecule has 0 aromatic heterocycles. The molecule has 3 amide bonds. The van der Waals surface area contributed by atoms with Gasteiger partial charge in [0.1, 0.15) is 6.04 Å². The molecule has 0 spiro atoms. The van der Waals surface area contributed by atoms with Crippen LogP contribution >= 0.6 is 0 Å². The second-order valence-electron chi connectivity index (χ2n) is 10.3. The lowest BCUT2D eigenvalue weighted by atomic mass is 9.92. The molecular formula is C31H30F3N3O3. The van der Waals surface area contributed by atoms with Crippen LogP contribution in [0.25, 0.3) is 0 Å². The average Bonchev–Trinajstić information content (AvgIpc) is 2.96. The van der Waals surface area contributed by atoms with E-state index >= 15 is 0 Å². The van der Waals surface area contributed by atoms with E-state index in [4.69, 9.17) is 0 Å². The summed E-state index contributed by atoms with van der Waals surface area (Å²) in [6.07, 6.45) is -1.87. The maximum absolute atomic E-state index is 13.8. The molecule has 3 aromatic carbocycles. The van der Waals surface area contributed by atoms with Crippen molar-refractivity contribution in [3.05, 3.63) is 95.1 Å². The summed E-state index contributed by atoms with van der Waals surface area (Å²) in [5, 5.41) is 0. The summed E-state index contributed by atoms with van der Waals surface area (Å²) in [5.74, 6) is -0.511. The number of amides is 3. The van der Waals surface area contributed by atoms with Gasteiger partial charge in [-0.05, 0) is 65.9 Å². The van der Waals surface area contributed by atoms with Crippen molar-refractivity contribution in [1.82, 2.24) is 4.90 Å². The van der Waals surface area contributed by atoms with E-state index in [0.29, 0.717) is 30.6 Å². The van der Waals surface area contributed by atoms with Gasteiger partial charge in [-0.15, -0.1) is 0 Å². The Balaban J connectivity index is 1.36. The van der Waals surface area contributed by atoms with E-state index in [-0.39, 0.29) is 30.7 Å². The van der Waals surface area contributed by atoms with Gasteiger partial charge in [-0.1, -0.05) is 36.4 Å². The molecule has 1 fully saturated rings. The summed E-state index contributed by atoms with van der Waals surface area (Å²) < 4.78 is 38.9. The smallest absolute Gasteiger partial charge is 0.326 e. The number of fused-ring (bicyclic) bond motifs is 1. The van der Waals surface area contributed by atoms with Crippen LogP contribution < -0.4 is 9.80 Å². The van der Waals surface area contributed by atoms with E-state index in [0.717, 1.165) is 41.8 Å². The minimum Gasteiger partial charge on any atom is -0.326 e. The zero-order chi connectivity index (χ0) is 28.4. The van der Waals surface area contributed by atoms with Crippen LogP contribution in [-0.2, 0) is 39.9 Å². The summed E-state index contributed by atoms with van der Waals surface area (Å²) in [5.41, 5.74) is 3.00. The fraction of sp³-hybridized carbons (Fsp3) is 0.323. The molecular weight excluding hydrogens is 519 g/mol. The molecule has 9 heteroatoms. The SMILES string of the molecule is CN(C(=O)[C@@H]1Cc2ccccc2CN1C(=O)Cc1ccc(C(F)(F)F)cc1)c1ccc(N2CCCCC2=O)cc1. The monoisotopic (exact) mass is 549 g/mol. The first-order valence-electron chi connectivity index (χ1n) is 13.3. The topological polar surface area (TPSA) is 60.9 Å². The number of rotatable bonds is 5. The molecule has 0 unspecified atom stereocenters. The van der Waals surface area contributed by atoms with E-state index in [1.807, 2.05) is 36.4 Å². The standard InChI is InChI=1S/C31H30F3N3O3/c1-35(25-13-15-26(16-14-25)36-17-5-4-8-28(36)38)30(40)27-19-22-6-2-3-7-23(22)20-37(27)29(39)18-21-9-11-24(12-10-21)31(32,33)34/h2-3,6-7,9-16,27H,4-5,8,17-20H2,1H3/t27-/m0/s1. The van der Waals surface area contributed by atoms with Crippen molar-refractivity contribution in [2.75, 3.05) is 23.4 Å². The highest BCUT2D eigenvalue weighted by atomic mass is 19.4. The van der Waals surface area contributed by atoms with Crippen LogP contribution in [0.5, 0.6) is 0 Å². The number of piperidine rings is 1. The fourth-order valence-electron chi connectivity index (χ4n) is 5.38. The van der Waals surface area contributed by atoms with Gasteiger partial charge in [0.25, 0.3) is 0 Å². The van der Waals surface area contributed by atoms with Gasteiger partial charge in [0, 0.05) is 44.4 Å². The molecule has 40 heavy (non-hydrogen) atoms. The number of carbonyl (C=O) groups excluding carboxylic acids is 3. The van der Waals surface area contributed by atoms with Crippen LogP contribution in [0.15, 0.2) is 72.8 Å². The molecule has 1 atom stereocenters. The predicted octanol–water partition coefficient (Wildman–Crippen LogP) is 5.38. The summed E-state index contributed by atoms with van der Waals surface area (Å²) >= 11 is 0. The number of benzene rings is 3. The van der Waals surface area contributed by atoms with Crippen LogP contribution in [0.1, 0.15) is 41.5 Å². The van der Waals surface area contributed by atoms with Crippen molar-refractivity contribution in [2.24, 2.45) is 0 Å². The first-order chi connectivity index (χ1) is 19.1. The molecule has 2 aliphatic heterocycles. The largest absolute Gasteiger partial charge is 0.416 e. The lowest BCUT2D eigenvalue weighted by Crippen LogP contribution is -2.53. The summed E-state index contributed by atoms with van der Waals surface area (Å²) in [7, 11) is 1.66. The molecule has 0 aliphatic carbocycles. The van der Waals surface area contributed by atoms with Gasteiger partial charge in [-0.25, -0.2) is 0 Å². The van der Waals surface area contributed by atoms with Crippen molar-refractivity contribution >= 4 is 29.1 Å². The quantitative estimate of drug-likeness (QED) is 0.429. The number of hydrogen-bond donors (Lipinski definition) is 0. The maximum Gasteiger partial charge on any atom is 0.416 e. The Kier molecular flexibility index (Phi) is 7.65. The van der Waals surface area contributed by atoms with Crippen LogP contribution in [-0.4, -0.2) is 42.3 Å². The van der Waals surface area contributed by atoms with E-state index in [1.54, 1.807) is 24.1 Å². The molecule has 0 saturated carbocycles. The first-order valence-corrected chi connectivity index (χ1v) is 13.3. The van der Waals surface area contributed by atoms with E-state index in [2.05, 4.69) is 0 Å². The van der Waals surface area contributed by atoms with Gasteiger partial charge in [0.05, 0.1) is 12.0 Å². The van der Waals surface area contributed by atoms with Crippen molar-refractivity contribution in [1.29, 1.82) is 0 Å². The second kappa shape index (κ2) is 11.2. The zero-order valence-electron chi connectivity index (χ0n) is 22.2. The van der Waals surface area contributed by atoms with E-state index < -0.39 is 17.8 Å². The number of nitrogens with zero attached hydrogens (tertiary/aromatic N) is 3. The molecule has 6 nitrogen and oxygen atoms in total. The number of alkyl halides is 3. The van der Waals surface area contributed by atoms with E-state index in [9.17, 15) is 27.6 Å². The second-order valence-corrected chi connectivity index (χ2v) is 10.3. The minimum absolute atomic E-state index is 0.0894. The minimum atomic E-state index is -4.46. The molecule has 5 rings (SSSR count). The lowest BCUT2D eigenvalue weighted by Gasteiger charge is -2.38. The Hall–Kier alpha value is -4.14. The highest BCUT2D eigenvalue weighted by Crippen LogP contribution is 2.31. The van der Waals surface area contributed by atoms with Crippen molar-refractivity contribution < 1.29 is 27.6 Å². The van der Waals surface area contributed by atoms with Crippen molar-refractivity contribution in [2.45, 2.75) is 50.9 Å². The average molecular weight is 550 g/mol. The number of carbonyl (C=O) groups is 3. The Morgan fingerprint density at radius 1 is 0.925 bits per heavy atom. The molecule has 0 bridgehead atoms. The first kappa shape index (κ1) is 27.4. The van der Waals surface area contributed by atoms with Gasteiger partial charge in [-0.2, -0.15) is 13.2 Å². The molecule has 1 saturated heterocycles. The Bertz CT molecular complexity index is 1400. The predicted molar refractivity (Wildman–Crippen MR) is 146 cm³/mol. The number of anilines is 2. The van der Waals surface area contributed by atoms with E-state index in [1.165, 1.54) is 21.9 Å². The van der Waals surface area contributed by atoms with Crippen LogP contribution in [0.3, 0.4) is 0 Å². The van der Waals surface area contributed by atoms with Crippen LogP contribution in [0.4, 0.5) is 24.5 Å². The molecule has 3 aromatic rings. The van der Waals surface area contributed by atoms with Gasteiger partial charge < -0.3 is 14.7 Å². The zero-order valence-corrected chi connectivity index (χ0v) is 22.2. The molecule has 0 radical (unpaired) electrons. The van der Waals surface area contributed by atoms with Crippen molar-refractivity contribution in [3.63, 3.8) is 0 Å². The van der Waals surface area contributed by atoms with Crippen LogP contribution in [0.2, 0.25) is 0 Å². The number of hydrogen-bond acceptors (Lipinski definition) is 3. The number of likely N-dealkylation sites (N-methyl/N-ethyl adjacent to an activating group) is 1. The molecule has 2 heterocycles. The van der Waals surface area contributed by atoms with Gasteiger partial charge in [-0.3, -0.25) is 14.4 Å². The molecule has 2 aliphatic rings. The third kappa shape index (κ3) is 5.73. The molecule has 0 N–H and O–H groups in total. The summed E-state index contributed by atoms with van der Waals surface area (Å²) in [6.45, 7) is 0.903. The van der Waals surface area contributed by atoms with Crippen LogP contribution in [0, 0.1) is 0 Å². The third-order valence-electron chi connectivity index (χ3n) is 7.69. The number of halogens is 3.